The molecule has 2 aliphatic carbocycles. The van der Waals surface area contributed by atoms with E-state index in [0.717, 1.165) is 62.7 Å². The topological polar surface area (TPSA) is 77.9 Å². The quantitative estimate of drug-likeness (QED) is 0.258. The molecule has 2 aliphatic rings. The van der Waals surface area contributed by atoms with Gasteiger partial charge in [-0.3, -0.25) is 19.3 Å². The molecule has 6 nitrogen and oxygen atoms in total. The summed E-state index contributed by atoms with van der Waals surface area (Å²) in [6, 6.07) is -0.103. The van der Waals surface area contributed by atoms with Crippen molar-refractivity contribution in [2.75, 3.05) is 7.05 Å². The van der Waals surface area contributed by atoms with Crippen LogP contribution in [0.25, 0.3) is 0 Å². The fourth-order valence-corrected chi connectivity index (χ4v) is 4.30. The molecule has 0 bridgehead atoms. The first kappa shape index (κ1) is 20.5. The second-order valence-electron chi connectivity index (χ2n) is 7.65. The lowest BCUT2D eigenvalue weighted by atomic mass is 9.84. The minimum absolute atomic E-state index is 0.0867. The van der Waals surface area contributed by atoms with Gasteiger partial charge in [0.15, 0.2) is 0 Å². The van der Waals surface area contributed by atoms with Crippen molar-refractivity contribution in [3.63, 3.8) is 0 Å². The zero-order chi connectivity index (χ0) is 19.1. The molecule has 2 rings (SSSR count). The molecule has 3 amide bonds. The second kappa shape index (κ2) is 9.74. The Morgan fingerprint density at radius 2 is 1.58 bits per heavy atom. The SMILES string of the molecule is CCC1CCC(N(C=O)C(=O)C(=CO)C(=O)N(C)C2CCCCC2)CC1. The summed E-state index contributed by atoms with van der Waals surface area (Å²) in [5.41, 5.74) is -0.317. The lowest BCUT2D eigenvalue weighted by Gasteiger charge is -2.35. The fraction of sp³-hybridized carbons (Fsp3) is 0.750. The summed E-state index contributed by atoms with van der Waals surface area (Å²) in [5.74, 6) is -0.546. The third-order valence-electron chi connectivity index (χ3n) is 6.17. The lowest BCUT2D eigenvalue weighted by Crippen LogP contribution is -2.46. The van der Waals surface area contributed by atoms with E-state index in [1.54, 1.807) is 11.9 Å². The summed E-state index contributed by atoms with van der Waals surface area (Å²) in [5, 5.41) is 9.56. The van der Waals surface area contributed by atoms with Gasteiger partial charge in [0, 0.05) is 19.1 Å². The molecule has 0 saturated heterocycles. The number of rotatable bonds is 6. The van der Waals surface area contributed by atoms with Crippen LogP contribution in [0.5, 0.6) is 0 Å². The van der Waals surface area contributed by atoms with Gasteiger partial charge in [0.25, 0.3) is 11.8 Å². The van der Waals surface area contributed by atoms with Gasteiger partial charge in [-0.2, -0.15) is 0 Å². The van der Waals surface area contributed by atoms with Gasteiger partial charge in [-0.25, -0.2) is 0 Å². The van der Waals surface area contributed by atoms with Crippen LogP contribution in [-0.2, 0) is 14.4 Å². The maximum absolute atomic E-state index is 12.8. The Labute approximate surface area is 156 Å². The molecule has 0 spiro atoms. The van der Waals surface area contributed by atoms with E-state index >= 15 is 0 Å². The molecule has 2 fully saturated rings. The Hall–Kier alpha value is -1.85. The van der Waals surface area contributed by atoms with Gasteiger partial charge in [-0.1, -0.05) is 32.6 Å². The number of hydrogen-bond donors (Lipinski definition) is 1. The molecular formula is C20H32N2O4. The minimum atomic E-state index is -0.685. The monoisotopic (exact) mass is 364 g/mol. The first-order valence-electron chi connectivity index (χ1n) is 9.92. The van der Waals surface area contributed by atoms with Crippen molar-refractivity contribution in [1.82, 2.24) is 9.80 Å². The Morgan fingerprint density at radius 1 is 0.962 bits per heavy atom. The summed E-state index contributed by atoms with van der Waals surface area (Å²) in [4.78, 5) is 39.8. The molecule has 2 saturated carbocycles. The zero-order valence-electron chi connectivity index (χ0n) is 16.0. The van der Waals surface area contributed by atoms with E-state index < -0.39 is 11.8 Å². The van der Waals surface area contributed by atoms with Crippen LogP contribution in [0.3, 0.4) is 0 Å². The number of carbonyl (C=O) groups is 3. The average molecular weight is 364 g/mol. The molecule has 0 atom stereocenters. The Bertz CT molecular complexity index is 532. The fourth-order valence-electron chi connectivity index (χ4n) is 4.30. The molecule has 0 radical (unpaired) electrons. The smallest absolute Gasteiger partial charge is 0.269 e. The molecule has 0 unspecified atom stereocenters. The van der Waals surface area contributed by atoms with Gasteiger partial charge >= 0.3 is 0 Å². The van der Waals surface area contributed by atoms with Crippen LogP contribution in [0, 0.1) is 5.92 Å². The first-order valence-corrected chi connectivity index (χ1v) is 9.92. The standard InChI is InChI=1S/C20H32N2O4/c1-3-15-9-11-17(12-10-15)22(14-24)20(26)18(13-23)19(25)21(2)16-7-5-4-6-8-16/h13-17,23H,3-12H2,1-2H3. The predicted octanol–water partition coefficient (Wildman–Crippen LogP) is 3.17. The summed E-state index contributed by atoms with van der Waals surface area (Å²) in [7, 11) is 1.67. The van der Waals surface area contributed by atoms with Crippen molar-refractivity contribution in [2.24, 2.45) is 5.92 Å². The highest BCUT2D eigenvalue weighted by molar-refractivity contribution is 6.20. The average Bonchev–Trinajstić information content (AvgIpc) is 2.69. The van der Waals surface area contributed by atoms with E-state index in [9.17, 15) is 19.5 Å². The van der Waals surface area contributed by atoms with Gasteiger partial charge in [-0.15, -0.1) is 0 Å². The molecule has 0 aliphatic heterocycles. The van der Waals surface area contributed by atoms with Crippen LogP contribution >= 0.6 is 0 Å². The third-order valence-corrected chi connectivity index (χ3v) is 6.17. The van der Waals surface area contributed by atoms with Crippen LogP contribution in [0.1, 0.15) is 71.1 Å². The first-order chi connectivity index (χ1) is 12.5. The van der Waals surface area contributed by atoms with E-state index in [4.69, 9.17) is 0 Å². The normalized spacial score (nSPS) is 24.8. The number of nitrogens with zero attached hydrogens (tertiary/aromatic N) is 2. The van der Waals surface area contributed by atoms with E-state index in [1.807, 2.05) is 0 Å². The highest BCUT2D eigenvalue weighted by Crippen LogP contribution is 2.30. The molecule has 1 N–H and O–H groups in total. The maximum atomic E-state index is 12.8. The van der Waals surface area contributed by atoms with Crippen molar-refractivity contribution in [3.8, 4) is 0 Å². The third kappa shape index (κ3) is 4.65. The molecule has 26 heavy (non-hydrogen) atoms. The summed E-state index contributed by atoms with van der Waals surface area (Å²) in [6.45, 7) is 2.15. The number of imide groups is 1. The highest BCUT2D eigenvalue weighted by atomic mass is 16.2. The van der Waals surface area contributed by atoms with Crippen molar-refractivity contribution in [1.29, 1.82) is 0 Å². The van der Waals surface area contributed by atoms with Crippen molar-refractivity contribution in [3.05, 3.63) is 11.8 Å². The molecule has 0 aromatic heterocycles. The van der Waals surface area contributed by atoms with Crippen molar-refractivity contribution < 1.29 is 19.5 Å². The maximum Gasteiger partial charge on any atom is 0.269 e. The number of carbonyl (C=O) groups excluding carboxylic acids is 3. The summed E-state index contributed by atoms with van der Waals surface area (Å²) < 4.78 is 0. The largest absolute Gasteiger partial charge is 0.515 e. The highest BCUT2D eigenvalue weighted by Gasteiger charge is 2.34. The summed E-state index contributed by atoms with van der Waals surface area (Å²) >= 11 is 0. The van der Waals surface area contributed by atoms with E-state index in [2.05, 4.69) is 6.92 Å². The minimum Gasteiger partial charge on any atom is -0.515 e. The number of aliphatic hydroxyl groups is 1. The van der Waals surface area contributed by atoms with Gasteiger partial charge in [0.1, 0.15) is 5.57 Å². The van der Waals surface area contributed by atoms with Gasteiger partial charge in [-0.05, 0) is 44.4 Å². The van der Waals surface area contributed by atoms with Crippen molar-refractivity contribution >= 4 is 18.2 Å². The van der Waals surface area contributed by atoms with Gasteiger partial charge in [0.05, 0.1) is 6.26 Å². The number of likely N-dealkylation sites (N-methyl/N-ethyl adjacent to an activating group) is 1. The van der Waals surface area contributed by atoms with Gasteiger partial charge < -0.3 is 10.0 Å². The zero-order valence-corrected chi connectivity index (χ0v) is 16.0. The van der Waals surface area contributed by atoms with Crippen LogP contribution < -0.4 is 0 Å². The second-order valence-corrected chi connectivity index (χ2v) is 7.65. The Balaban J connectivity index is 2.05. The molecular weight excluding hydrogens is 332 g/mol. The van der Waals surface area contributed by atoms with Crippen molar-refractivity contribution in [2.45, 2.75) is 83.2 Å². The van der Waals surface area contributed by atoms with E-state index in [-0.39, 0.29) is 17.7 Å². The van der Waals surface area contributed by atoms with E-state index in [0.29, 0.717) is 18.6 Å². The molecule has 0 aromatic carbocycles. The predicted molar refractivity (Wildman–Crippen MR) is 99.3 cm³/mol. The summed E-state index contributed by atoms with van der Waals surface area (Å²) in [6.07, 6.45) is 10.8. The number of hydrogen-bond acceptors (Lipinski definition) is 4. The van der Waals surface area contributed by atoms with Crippen LogP contribution in [0.4, 0.5) is 0 Å². The van der Waals surface area contributed by atoms with Crippen LogP contribution in [0.2, 0.25) is 0 Å². The molecule has 6 heteroatoms. The van der Waals surface area contributed by atoms with Crippen LogP contribution in [0.15, 0.2) is 11.8 Å². The Kier molecular flexibility index (Phi) is 7.66. The Morgan fingerprint density at radius 3 is 2.08 bits per heavy atom. The molecule has 0 heterocycles. The number of aliphatic hydroxyl groups excluding tert-OH is 1. The van der Waals surface area contributed by atoms with E-state index in [1.165, 1.54) is 6.42 Å². The number of amides is 3. The molecule has 146 valence electrons. The van der Waals surface area contributed by atoms with Crippen LogP contribution in [-0.4, -0.2) is 52.3 Å². The lowest BCUT2D eigenvalue weighted by molar-refractivity contribution is -0.141. The molecule has 0 aromatic rings. The van der Waals surface area contributed by atoms with Gasteiger partial charge in [0.2, 0.25) is 6.41 Å².